The monoisotopic (exact) mass is 231 g/mol. The lowest BCUT2D eigenvalue weighted by Crippen LogP contribution is -1.89. The Morgan fingerprint density at radius 3 is 2.45 bits per heavy atom. The van der Waals surface area contributed by atoms with Gasteiger partial charge < -0.3 is 0 Å². The molecule has 0 amide bonds. The first-order valence-electron chi connectivity index (χ1n) is 3.37. The molecule has 0 fully saturated rings. The van der Waals surface area contributed by atoms with E-state index in [0.717, 1.165) is 15.1 Å². The van der Waals surface area contributed by atoms with E-state index in [1.165, 1.54) is 5.92 Å². The van der Waals surface area contributed by atoms with Gasteiger partial charge in [-0.3, -0.25) is 0 Å². The van der Waals surface area contributed by atoms with Gasteiger partial charge in [0, 0.05) is 10.4 Å². The lowest BCUT2D eigenvalue weighted by Gasteiger charge is -2.07. The minimum atomic E-state index is 0.799. The van der Waals surface area contributed by atoms with Crippen LogP contribution in [-0.4, -0.2) is 0 Å². The molecule has 0 aromatic heterocycles. The van der Waals surface area contributed by atoms with E-state index in [2.05, 4.69) is 15.9 Å². The third-order valence-electron chi connectivity index (χ3n) is 1.49. The van der Waals surface area contributed by atoms with Gasteiger partial charge >= 0.3 is 0 Å². The van der Waals surface area contributed by atoms with Crippen LogP contribution in [-0.2, 0) is 0 Å². The predicted molar refractivity (Wildman–Crippen MR) is 52.8 cm³/mol. The molecule has 1 rings (SSSR count). The number of benzene rings is 1. The Kier molecular flexibility index (Phi) is 2.97. The summed E-state index contributed by atoms with van der Waals surface area (Å²) < 4.78 is 0.956. The van der Waals surface area contributed by atoms with E-state index in [-0.39, 0.29) is 0 Å². The van der Waals surface area contributed by atoms with Gasteiger partial charge in [-0.05, 0) is 27.6 Å². The quantitative estimate of drug-likeness (QED) is 0.685. The standard InChI is InChI=1S/C9H9BrCl/c1-6(2)7-4-3-5-8(10)9(7)11/h3-5H,1-2H3. The molecule has 0 bridgehead atoms. The molecule has 1 aromatic carbocycles. The Balaban J connectivity index is 3.17. The molecule has 1 radical (unpaired) electrons. The molecule has 0 aliphatic rings. The molecule has 11 heavy (non-hydrogen) atoms. The van der Waals surface area contributed by atoms with Crippen LogP contribution in [0.2, 0.25) is 5.02 Å². The summed E-state index contributed by atoms with van der Waals surface area (Å²) >= 11 is 9.39. The maximum Gasteiger partial charge on any atom is 0.0585 e. The predicted octanol–water partition coefficient (Wildman–Crippen LogP) is 4.06. The van der Waals surface area contributed by atoms with Crippen molar-refractivity contribution < 1.29 is 0 Å². The highest BCUT2D eigenvalue weighted by atomic mass is 79.9. The second kappa shape index (κ2) is 3.59. The van der Waals surface area contributed by atoms with Crippen LogP contribution < -0.4 is 0 Å². The smallest absolute Gasteiger partial charge is 0.0585 e. The van der Waals surface area contributed by atoms with Gasteiger partial charge in [0.2, 0.25) is 0 Å². The Morgan fingerprint density at radius 2 is 2.00 bits per heavy atom. The molecule has 0 nitrogen and oxygen atoms in total. The zero-order chi connectivity index (χ0) is 8.43. The van der Waals surface area contributed by atoms with Crippen LogP contribution >= 0.6 is 27.5 Å². The van der Waals surface area contributed by atoms with E-state index in [9.17, 15) is 0 Å². The van der Waals surface area contributed by atoms with Crippen molar-refractivity contribution in [2.45, 2.75) is 13.8 Å². The summed E-state index contributed by atoms with van der Waals surface area (Å²) in [7, 11) is 0. The van der Waals surface area contributed by atoms with Crippen molar-refractivity contribution in [1.29, 1.82) is 0 Å². The third kappa shape index (κ3) is 1.97. The lowest BCUT2D eigenvalue weighted by atomic mass is 10.0. The average molecular weight is 233 g/mol. The highest BCUT2D eigenvalue weighted by molar-refractivity contribution is 9.10. The second-order valence-corrected chi connectivity index (χ2v) is 3.83. The summed E-state index contributed by atoms with van der Waals surface area (Å²) in [6.07, 6.45) is 0. The Morgan fingerprint density at radius 1 is 1.36 bits per heavy atom. The second-order valence-electron chi connectivity index (χ2n) is 2.60. The number of halogens is 2. The Hall–Kier alpha value is -0.0100. The number of hydrogen-bond donors (Lipinski definition) is 0. The minimum Gasteiger partial charge on any atom is -0.0828 e. The van der Waals surface area contributed by atoms with Crippen molar-refractivity contribution in [3.8, 4) is 0 Å². The van der Waals surface area contributed by atoms with E-state index in [4.69, 9.17) is 11.6 Å². The summed E-state index contributed by atoms with van der Waals surface area (Å²) in [6.45, 7) is 4.10. The number of hydrogen-bond acceptors (Lipinski definition) is 0. The SMILES string of the molecule is C[C](C)c1cccc(Br)c1Cl. The Labute approximate surface area is 80.7 Å². The van der Waals surface area contributed by atoms with Crippen molar-refractivity contribution in [2.24, 2.45) is 0 Å². The molecule has 2 heteroatoms. The van der Waals surface area contributed by atoms with Crippen LogP contribution in [0.25, 0.3) is 0 Å². The van der Waals surface area contributed by atoms with Crippen LogP contribution in [0.1, 0.15) is 19.4 Å². The normalized spacial score (nSPS) is 10.6. The van der Waals surface area contributed by atoms with E-state index < -0.39 is 0 Å². The molecular formula is C9H9BrCl. The summed E-state index contributed by atoms with van der Waals surface area (Å²) in [4.78, 5) is 0. The summed E-state index contributed by atoms with van der Waals surface area (Å²) in [5, 5.41) is 0.799. The van der Waals surface area contributed by atoms with Gasteiger partial charge in [0.25, 0.3) is 0 Å². The molecule has 59 valence electrons. The van der Waals surface area contributed by atoms with E-state index in [0.29, 0.717) is 0 Å². The molecule has 0 aliphatic heterocycles. The maximum absolute atomic E-state index is 6.02. The highest BCUT2D eigenvalue weighted by Gasteiger charge is 2.06. The zero-order valence-electron chi connectivity index (χ0n) is 6.49. The molecule has 0 heterocycles. The fourth-order valence-electron chi connectivity index (χ4n) is 0.890. The van der Waals surface area contributed by atoms with Gasteiger partial charge in [-0.1, -0.05) is 37.6 Å². The Bertz CT molecular complexity index is 256. The van der Waals surface area contributed by atoms with Crippen LogP contribution in [0.4, 0.5) is 0 Å². The molecule has 0 saturated heterocycles. The third-order valence-corrected chi connectivity index (χ3v) is 2.79. The van der Waals surface area contributed by atoms with E-state index in [1.807, 2.05) is 32.0 Å². The summed E-state index contributed by atoms with van der Waals surface area (Å²) in [5.41, 5.74) is 1.11. The van der Waals surface area contributed by atoms with Gasteiger partial charge in [-0.15, -0.1) is 0 Å². The lowest BCUT2D eigenvalue weighted by molar-refractivity contribution is 1.15. The maximum atomic E-state index is 6.02. The fraction of sp³-hybridized carbons (Fsp3) is 0.222. The van der Waals surface area contributed by atoms with Crippen LogP contribution in [0.5, 0.6) is 0 Å². The van der Waals surface area contributed by atoms with Gasteiger partial charge in [-0.25, -0.2) is 0 Å². The summed E-state index contributed by atoms with van der Waals surface area (Å²) in [5.74, 6) is 1.23. The first-order valence-corrected chi connectivity index (χ1v) is 4.54. The van der Waals surface area contributed by atoms with Crippen LogP contribution in [0.15, 0.2) is 22.7 Å². The fourth-order valence-corrected chi connectivity index (χ4v) is 1.57. The van der Waals surface area contributed by atoms with Gasteiger partial charge in [-0.2, -0.15) is 0 Å². The minimum absolute atomic E-state index is 0.799. The summed E-state index contributed by atoms with van der Waals surface area (Å²) in [6, 6.07) is 5.94. The largest absolute Gasteiger partial charge is 0.0828 e. The average Bonchev–Trinajstić information content (AvgIpc) is 1.94. The molecule has 1 aromatic rings. The van der Waals surface area contributed by atoms with Crippen molar-refractivity contribution in [1.82, 2.24) is 0 Å². The van der Waals surface area contributed by atoms with Gasteiger partial charge in [0.15, 0.2) is 0 Å². The first kappa shape index (κ1) is 9.08. The molecule has 0 spiro atoms. The van der Waals surface area contributed by atoms with Gasteiger partial charge in [0.1, 0.15) is 0 Å². The van der Waals surface area contributed by atoms with Crippen molar-refractivity contribution >= 4 is 27.5 Å². The first-order chi connectivity index (χ1) is 5.13. The topological polar surface area (TPSA) is 0 Å². The van der Waals surface area contributed by atoms with Crippen LogP contribution in [0, 0.1) is 5.92 Å². The molecule has 0 N–H and O–H groups in total. The van der Waals surface area contributed by atoms with Crippen molar-refractivity contribution in [3.05, 3.63) is 39.2 Å². The van der Waals surface area contributed by atoms with Gasteiger partial charge in [0.05, 0.1) is 5.02 Å². The highest BCUT2D eigenvalue weighted by Crippen LogP contribution is 2.30. The molecule has 0 saturated carbocycles. The van der Waals surface area contributed by atoms with Crippen molar-refractivity contribution in [2.75, 3.05) is 0 Å². The van der Waals surface area contributed by atoms with Crippen molar-refractivity contribution in [3.63, 3.8) is 0 Å². The zero-order valence-corrected chi connectivity index (χ0v) is 8.83. The van der Waals surface area contributed by atoms with E-state index in [1.54, 1.807) is 0 Å². The molecular weight excluding hydrogens is 223 g/mol. The molecule has 0 unspecified atom stereocenters. The van der Waals surface area contributed by atoms with Crippen LogP contribution in [0.3, 0.4) is 0 Å². The molecule has 0 aliphatic carbocycles. The number of rotatable bonds is 1. The van der Waals surface area contributed by atoms with E-state index >= 15 is 0 Å². The molecule has 0 atom stereocenters.